The topological polar surface area (TPSA) is 80.9 Å². The Labute approximate surface area is 134 Å². The molecule has 2 heterocycles. The molecule has 0 radical (unpaired) electrons. The van der Waals surface area contributed by atoms with Crippen LogP contribution < -0.4 is 0 Å². The van der Waals surface area contributed by atoms with E-state index in [9.17, 15) is 4.79 Å². The summed E-state index contributed by atoms with van der Waals surface area (Å²) >= 11 is 0. The third-order valence-corrected chi connectivity index (χ3v) is 3.11. The SMILES string of the molecule is CO.Cc1ccc(-n2nc(C=O)nc2Cc2ccccc2)nc1. The smallest absolute Gasteiger partial charge is 0.214 e. The van der Waals surface area contributed by atoms with E-state index in [4.69, 9.17) is 5.11 Å². The highest BCUT2D eigenvalue weighted by Crippen LogP contribution is 2.12. The minimum Gasteiger partial charge on any atom is -0.400 e. The summed E-state index contributed by atoms with van der Waals surface area (Å²) in [5.74, 6) is 1.52. The lowest BCUT2D eigenvalue weighted by molar-refractivity contribution is 0.111. The van der Waals surface area contributed by atoms with E-state index >= 15 is 0 Å². The standard InChI is InChI=1S/C16H14N4O.CH4O/c1-12-7-8-15(17-10-12)20-16(18-14(11-21)19-20)9-13-5-3-2-4-6-13;1-2/h2-8,10-11H,9H2,1H3;2H,1H3. The number of carbonyl (C=O) groups excluding carboxylic acids is 1. The Hall–Kier alpha value is -2.86. The number of pyridine rings is 1. The molecule has 6 nitrogen and oxygen atoms in total. The highest BCUT2D eigenvalue weighted by Gasteiger charge is 2.12. The summed E-state index contributed by atoms with van der Waals surface area (Å²) < 4.78 is 1.62. The van der Waals surface area contributed by atoms with E-state index in [0.717, 1.165) is 18.2 Å². The second kappa shape index (κ2) is 7.95. The van der Waals surface area contributed by atoms with Gasteiger partial charge < -0.3 is 5.11 Å². The minimum atomic E-state index is 0.170. The number of hydrogen-bond acceptors (Lipinski definition) is 5. The van der Waals surface area contributed by atoms with Crippen LogP contribution in [-0.2, 0) is 6.42 Å². The molecule has 0 saturated heterocycles. The van der Waals surface area contributed by atoms with E-state index in [1.54, 1.807) is 10.9 Å². The average Bonchev–Trinajstić information content (AvgIpc) is 3.01. The van der Waals surface area contributed by atoms with Crippen LogP contribution >= 0.6 is 0 Å². The Morgan fingerprint density at radius 1 is 1.13 bits per heavy atom. The van der Waals surface area contributed by atoms with E-state index in [0.29, 0.717) is 24.3 Å². The number of carbonyl (C=O) groups is 1. The molecule has 3 aromatic rings. The van der Waals surface area contributed by atoms with Crippen LogP contribution in [0.3, 0.4) is 0 Å². The van der Waals surface area contributed by atoms with Crippen LogP contribution in [0.4, 0.5) is 0 Å². The zero-order valence-electron chi connectivity index (χ0n) is 13.0. The maximum Gasteiger partial charge on any atom is 0.214 e. The second-order valence-electron chi connectivity index (χ2n) is 4.77. The fraction of sp³-hybridized carbons (Fsp3) is 0.176. The monoisotopic (exact) mass is 310 g/mol. The van der Waals surface area contributed by atoms with Crippen molar-refractivity contribution in [1.82, 2.24) is 19.7 Å². The van der Waals surface area contributed by atoms with Gasteiger partial charge in [-0.05, 0) is 24.1 Å². The van der Waals surface area contributed by atoms with E-state index in [2.05, 4.69) is 15.1 Å². The van der Waals surface area contributed by atoms with Crippen LogP contribution in [-0.4, -0.2) is 38.3 Å². The zero-order chi connectivity index (χ0) is 16.7. The number of aliphatic hydroxyl groups is 1. The molecule has 0 spiro atoms. The number of rotatable bonds is 4. The molecule has 6 heteroatoms. The van der Waals surface area contributed by atoms with Gasteiger partial charge in [0.25, 0.3) is 0 Å². The van der Waals surface area contributed by atoms with Crippen molar-refractivity contribution in [3.8, 4) is 5.82 Å². The van der Waals surface area contributed by atoms with Crippen molar-refractivity contribution in [1.29, 1.82) is 0 Å². The number of benzene rings is 1. The van der Waals surface area contributed by atoms with Crippen LogP contribution in [0.5, 0.6) is 0 Å². The predicted octanol–water partition coefficient (Wildman–Crippen LogP) is 1.98. The van der Waals surface area contributed by atoms with Crippen molar-refractivity contribution in [2.75, 3.05) is 7.11 Å². The predicted molar refractivity (Wildman–Crippen MR) is 86.7 cm³/mol. The molecule has 1 aromatic carbocycles. The maximum atomic E-state index is 11.0. The fourth-order valence-electron chi connectivity index (χ4n) is 2.07. The third-order valence-electron chi connectivity index (χ3n) is 3.11. The molecule has 0 fully saturated rings. The number of aryl methyl sites for hydroxylation is 1. The molecule has 0 aliphatic heterocycles. The molecule has 118 valence electrons. The normalized spacial score (nSPS) is 9.87. The van der Waals surface area contributed by atoms with Gasteiger partial charge >= 0.3 is 0 Å². The highest BCUT2D eigenvalue weighted by atomic mass is 16.2. The van der Waals surface area contributed by atoms with E-state index in [-0.39, 0.29) is 5.82 Å². The minimum absolute atomic E-state index is 0.170. The average molecular weight is 310 g/mol. The molecule has 0 aliphatic rings. The van der Waals surface area contributed by atoms with E-state index in [1.807, 2.05) is 49.4 Å². The van der Waals surface area contributed by atoms with Gasteiger partial charge in [0, 0.05) is 19.7 Å². The lowest BCUT2D eigenvalue weighted by Gasteiger charge is -2.05. The number of nitrogens with zero attached hydrogens (tertiary/aromatic N) is 4. The number of aliphatic hydroxyl groups excluding tert-OH is 1. The zero-order valence-corrected chi connectivity index (χ0v) is 13.0. The fourth-order valence-corrected chi connectivity index (χ4v) is 2.07. The Balaban J connectivity index is 0.000000924. The Kier molecular flexibility index (Phi) is 5.71. The lowest BCUT2D eigenvalue weighted by Crippen LogP contribution is -2.06. The van der Waals surface area contributed by atoms with E-state index < -0.39 is 0 Å². The van der Waals surface area contributed by atoms with Gasteiger partial charge in [-0.2, -0.15) is 4.68 Å². The molecule has 1 N–H and O–H groups in total. The van der Waals surface area contributed by atoms with Crippen LogP contribution in [0.1, 0.15) is 27.6 Å². The number of aromatic nitrogens is 4. The van der Waals surface area contributed by atoms with Gasteiger partial charge in [0.05, 0.1) is 0 Å². The van der Waals surface area contributed by atoms with Crippen molar-refractivity contribution < 1.29 is 9.90 Å². The number of aldehydes is 1. The van der Waals surface area contributed by atoms with Gasteiger partial charge in [-0.25, -0.2) is 9.97 Å². The molecule has 0 saturated carbocycles. The first-order valence-corrected chi connectivity index (χ1v) is 7.09. The van der Waals surface area contributed by atoms with Gasteiger partial charge in [0.1, 0.15) is 5.82 Å². The van der Waals surface area contributed by atoms with Gasteiger partial charge in [-0.1, -0.05) is 36.4 Å². The van der Waals surface area contributed by atoms with Gasteiger partial charge in [0.2, 0.25) is 5.82 Å². The molecular weight excluding hydrogens is 292 g/mol. The largest absolute Gasteiger partial charge is 0.400 e. The lowest BCUT2D eigenvalue weighted by atomic mass is 10.1. The Morgan fingerprint density at radius 2 is 1.87 bits per heavy atom. The molecule has 0 unspecified atom stereocenters. The quantitative estimate of drug-likeness (QED) is 0.745. The molecule has 0 bridgehead atoms. The van der Waals surface area contributed by atoms with E-state index in [1.165, 1.54) is 0 Å². The summed E-state index contributed by atoms with van der Waals surface area (Å²) in [5, 5.41) is 11.2. The molecule has 0 aliphatic carbocycles. The highest BCUT2D eigenvalue weighted by molar-refractivity contribution is 5.68. The van der Waals surface area contributed by atoms with Crippen molar-refractivity contribution in [3.63, 3.8) is 0 Å². The van der Waals surface area contributed by atoms with Crippen LogP contribution in [0.15, 0.2) is 48.7 Å². The Bertz CT molecular complexity index is 752. The molecule has 23 heavy (non-hydrogen) atoms. The first-order chi connectivity index (χ1) is 11.3. The second-order valence-corrected chi connectivity index (χ2v) is 4.77. The van der Waals surface area contributed by atoms with Crippen molar-refractivity contribution in [3.05, 3.63) is 71.4 Å². The first kappa shape index (κ1) is 16.5. The van der Waals surface area contributed by atoms with Crippen LogP contribution in [0.25, 0.3) is 5.82 Å². The molecule has 0 atom stereocenters. The maximum absolute atomic E-state index is 11.0. The summed E-state index contributed by atoms with van der Waals surface area (Å²) in [4.78, 5) is 19.6. The molecule has 0 amide bonds. The molecule has 3 rings (SSSR count). The number of hydrogen-bond donors (Lipinski definition) is 1. The van der Waals surface area contributed by atoms with Crippen molar-refractivity contribution >= 4 is 6.29 Å². The van der Waals surface area contributed by atoms with Crippen molar-refractivity contribution in [2.24, 2.45) is 0 Å². The summed E-state index contributed by atoms with van der Waals surface area (Å²) in [6.07, 6.45) is 3.01. The molecular formula is C17H18N4O2. The first-order valence-electron chi connectivity index (χ1n) is 7.09. The van der Waals surface area contributed by atoms with Crippen LogP contribution in [0.2, 0.25) is 0 Å². The summed E-state index contributed by atoms with van der Waals surface area (Å²) in [6, 6.07) is 13.8. The van der Waals surface area contributed by atoms with Gasteiger partial charge in [-0.15, -0.1) is 5.10 Å². The Morgan fingerprint density at radius 3 is 2.48 bits per heavy atom. The summed E-state index contributed by atoms with van der Waals surface area (Å²) in [7, 11) is 1.00. The summed E-state index contributed by atoms with van der Waals surface area (Å²) in [5.41, 5.74) is 2.18. The van der Waals surface area contributed by atoms with Crippen molar-refractivity contribution in [2.45, 2.75) is 13.3 Å². The third kappa shape index (κ3) is 4.08. The molecule has 2 aromatic heterocycles. The van der Waals surface area contributed by atoms with Crippen LogP contribution in [0, 0.1) is 6.92 Å². The van der Waals surface area contributed by atoms with Gasteiger partial charge in [-0.3, -0.25) is 4.79 Å². The summed E-state index contributed by atoms with van der Waals surface area (Å²) in [6.45, 7) is 1.97. The van der Waals surface area contributed by atoms with Gasteiger partial charge in [0.15, 0.2) is 12.1 Å².